The molecule has 19 heavy (non-hydrogen) atoms. The normalized spacial score (nSPS) is 12.4. The van der Waals surface area contributed by atoms with E-state index in [-0.39, 0.29) is 12.1 Å². The van der Waals surface area contributed by atoms with Crippen molar-refractivity contribution in [3.63, 3.8) is 0 Å². The van der Waals surface area contributed by atoms with E-state index in [1.165, 1.54) is 0 Å². The Bertz CT molecular complexity index is 424. The molecule has 0 amide bonds. The number of halogens is 2. The summed E-state index contributed by atoms with van der Waals surface area (Å²) in [6.45, 7) is 7.22. The molecule has 1 aromatic carbocycles. The van der Waals surface area contributed by atoms with E-state index in [0.29, 0.717) is 19.8 Å². The highest BCUT2D eigenvalue weighted by Crippen LogP contribution is 2.17. The van der Waals surface area contributed by atoms with Gasteiger partial charge in [-0.05, 0) is 25.1 Å². The number of nitrogens with two attached hydrogens (primary N) is 1. The molecule has 0 aliphatic heterocycles. The zero-order chi connectivity index (χ0) is 14.3. The first kappa shape index (κ1) is 15.8. The Kier molecular flexibility index (Phi) is 6.62. The van der Waals surface area contributed by atoms with Gasteiger partial charge in [-0.3, -0.25) is 0 Å². The SMILES string of the molecule is C=C(C)COCCNC(CN)c1cc(F)ccc1F. The van der Waals surface area contributed by atoms with Crippen LogP contribution in [0.15, 0.2) is 30.4 Å². The lowest BCUT2D eigenvalue weighted by Crippen LogP contribution is -2.31. The molecule has 0 bridgehead atoms. The van der Waals surface area contributed by atoms with Crippen molar-refractivity contribution in [2.75, 3.05) is 26.3 Å². The monoisotopic (exact) mass is 270 g/mol. The Morgan fingerprint density at radius 2 is 2.21 bits per heavy atom. The van der Waals surface area contributed by atoms with Crippen LogP contribution in [0.1, 0.15) is 18.5 Å². The highest BCUT2D eigenvalue weighted by atomic mass is 19.1. The second-order valence-corrected chi connectivity index (χ2v) is 4.42. The van der Waals surface area contributed by atoms with Gasteiger partial charge in [0.2, 0.25) is 0 Å². The fourth-order valence-electron chi connectivity index (χ4n) is 1.65. The van der Waals surface area contributed by atoms with Crippen LogP contribution in [0.3, 0.4) is 0 Å². The Hall–Kier alpha value is -1.30. The third-order valence-corrected chi connectivity index (χ3v) is 2.55. The molecule has 0 fully saturated rings. The molecule has 0 aromatic heterocycles. The molecule has 0 saturated carbocycles. The lowest BCUT2D eigenvalue weighted by Gasteiger charge is -2.18. The number of hydrogen-bond acceptors (Lipinski definition) is 3. The molecule has 3 nitrogen and oxygen atoms in total. The summed E-state index contributed by atoms with van der Waals surface area (Å²) in [4.78, 5) is 0. The van der Waals surface area contributed by atoms with Crippen LogP contribution < -0.4 is 11.1 Å². The maximum atomic E-state index is 13.6. The minimum Gasteiger partial charge on any atom is -0.376 e. The van der Waals surface area contributed by atoms with E-state index in [2.05, 4.69) is 11.9 Å². The first-order valence-electron chi connectivity index (χ1n) is 6.15. The third-order valence-electron chi connectivity index (χ3n) is 2.55. The van der Waals surface area contributed by atoms with Gasteiger partial charge < -0.3 is 15.8 Å². The molecule has 1 aromatic rings. The van der Waals surface area contributed by atoms with Crippen molar-refractivity contribution in [3.05, 3.63) is 47.5 Å². The molecule has 0 aliphatic carbocycles. The lowest BCUT2D eigenvalue weighted by atomic mass is 10.1. The number of rotatable bonds is 8. The molecular weight excluding hydrogens is 250 g/mol. The third kappa shape index (κ3) is 5.46. The summed E-state index contributed by atoms with van der Waals surface area (Å²) >= 11 is 0. The minimum atomic E-state index is -0.477. The van der Waals surface area contributed by atoms with Crippen LogP contribution in [0, 0.1) is 11.6 Å². The fourth-order valence-corrected chi connectivity index (χ4v) is 1.65. The molecule has 1 unspecified atom stereocenters. The topological polar surface area (TPSA) is 47.3 Å². The van der Waals surface area contributed by atoms with Crippen LogP contribution in [0.4, 0.5) is 8.78 Å². The molecule has 3 N–H and O–H groups in total. The van der Waals surface area contributed by atoms with Gasteiger partial charge in [0.25, 0.3) is 0 Å². The average Bonchev–Trinajstić information content (AvgIpc) is 2.37. The van der Waals surface area contributed by atoms with Gasteiger partial charge in [-0.2, -0.15) is 0 Å². The van der Waals surface area contributed by atoms with Crippen molar-refractivity contribution in [1.29, 1.82) is 0 Å². The minimum absolute atomic E-state index is 0.181. The molecule has 1 atom stereocenters. The summed E-state index contributed by atoms with van der Waals surface area (Å²) in [7, 11) is 0. The highest BCUT2D eigenvalue weighted by molar-refractivity contribution is 5.22. The molecule has 0 saturated heterocycles. The van der Waals surface area contributed by atoms with Crippen molar-refractivity contribution in [3.8, 4) is 0 Å². The Morgan fingerprint density at radius 3 is 2.84 bits per heavy atom. The Morgan fingerprint density at radius 1 is 1.47 bits per heavy atom. The van der Waals surface area contributed by atoms with E-state index in [1.807, 2.05) is 6.92 Å². The molecule has 0 radical (unpaired) electrons. The average molecular weight is 270 g/mol. The highest BCUT2D eigenvalue weighted by Gasteiger charge is 2.14. The summed E-state index contributed by atoms with van der Waals surface area (Å²) in [6.07, 6.45) is 0. The van der Waals surface area contributed by atoms with Crippen LogP contribution in [0.5, 0.6) is 0 Å². The predicted molar refractivity (Wildman–Crippen MR) is 71.8 cm³/mol. The van der Waals surface area contributed by atoms with Gasteiger partial charge in [0.05, 0.1) is 13.2 Å². The Balaban J connectivity index is 2.49. The van der Waals surface area contributed by atoms with Crippen molar-refractivity contribution >= 4 is 0 Å². The van der Waals surface area contributed by atoms with E-state index in [4.69, 9.17) is 10.5 Å². The zero-order valence-corrected chi connectivity index (χ0v) is 11.1. The van der Waals surface area contributed by atoms with E-state index in [1.54, 1.807) is 0 Å². The second-order valence-electron chi connectivity index (χ2n) is 4.42. The first-order valence-corrected chi connectivity index (χ1v) is 6.15. The predicted octanol–water partition coefficient (Wildman–Crippen LogP) is 2.15. The smallest absolute Gasteiger partial charge is 0.128 e. The fraction of sp³-hybridized carbons (Fsp3) is 0.429. The van der Waals surface area contributed by atoms with Crippen LogP contribution in [-0.2, 0) is 4.74 Å². The van der Waals surface area contributed by atoms with Gasteiger partial charge in [-0.15, -0.1) is 0 Å². The van der Waals surface area contributed by atoms with Crippen molar-refractivity contribution in [2.45, 2.75) is 13.0 Å². The van der Waals surface area contributed by atoms with E-state index in [9.17, 15) is 8.78 Å². The summed E-state index contributed by atoms with van der Waals surface area (Å²) in [6, 6.07) is 2.92. The quantitative estimate of drug-likeness (QED) is 0.562. The molecule has 106 valence electrons. The van der Waals surface area contributed by atoms with Crippen LogP contribution in [0.25, 0.3) is 0 Å². The number of nitrogens with one attached hydrogen (secondary N) is 1. The summed E-state index contributed by atoms with van der Waals surface area (Å²) in [5.41, 5.74) is 6.76. The second kappa shape index (κ2) is 7.99. The Labute approximate surface area is 112 Å². The first-order chi connectivity index (χ1) is 9.04. The molecule has 0 aliphatic rings. The maximum absolute atomic E-state index is 13.6. The molecule has 1 rings (SSSR count). The van der Waals surface area contributed by atoms with Crippen molar-refractivity contribution in [2.24, 2.45) is 5.73 Å². The van der Waals surface area contributed by atoms with Crippen LogP contribution in [-0.4, -0.2) is 26.3 Å². The van der Waals surface area contributed by atoms with E-state index >= 15 is 0 Å². The van der Waals surface area contributed by atoms with E-state index < -0.39 is 17.7 Å². The van der Waals surface area contributed by atoms with Gasteiger partial charge in [0, 0.05) is 24.7 Å². The molecular formula is C14H20F2N2O. The standard InChI is InChI=1S/C14H20F2N2O/c1-10(2)9-19-6-5-18-14(8-17)12-7-11(15)3-4-13(12)16/h3-4,7,14,18H,1,5-6,8-9,17H2,2H3. The van der Waals surface area contributed by atoms with E-state index in [0.717, 1.165) is 23.8 Å². The molecule has 0 spiro atoms. The van der Waals surface area contributed by atoms with Gasteiger partial charge in [0.1, 0.15) is 11.6 Å². The van der Waals surface area contributed by atoms with Gasteiger partial charge in [0.15, 0.2) is 0 Å². The maximum Gasteiger partial charge on any atom is 0.128 e. The lowest BCUT2D eigenvalue weighted by molar-refractivity contribution is 0.155. The number of hydrogen-bond donors (Lipinski definition) is 2. The van der Waals surface area contributed by atoms with Crippen LogP contribution in [0.2, 0.25) is 0 Å². The zero-order valence-electron chi connectivity index (χ0n) is 11.1. The summed E-state index contributed by atoms with van der Waals surface area (Å²) in [5, 5.41) is 3.04. The summed E-state index contributed by atoms with van der Waals surface area (Å²) in [5.74, 6) is -0.942. The molecule has 0 heterocycles. The van der Waals surface area contributed by atoms with Gasteiger partial charge in [-0.25, -0.2) is 8.78 Å². The van der Waals surface area contributed by atoms with Crippen LogP contribution >= 0.6 is 0 Å². The molecule has 5 heteroatoms. The number of ether oxygens (including phenoxy) is 1. The number of benzene rings is 1. The van der Waals surface area contributed by atoms with Gasteiger partial charge in [-0.1, -0.05) is 12.2 Å². The summed E-state index contributed by atoms with van der Waals surface area (Å²) < 4.78 is 32.0. The van der Waals surface area contributed by atoms with Crippen molar-refractivity contribution in [1.82, 2.24) is 5.32 Å². The van der Waals surface area contributed by atoms with Gasteiger partial charge >= 0.3 is 0 Å². The van der Waals surface area contributed by atoms with Crippen molar-refractivity contribution < 1.29 is 13.5 Å². The largest absolute Gasteiger partial charge is 0.376 e.